The number of ketones is 1. The van der Waals surface area contributed by atoms with Crippen molar-refractivity contribution in [1.82, 2.24) is 4.98 Å². The summed E-state index contributed by atoms with van der Waals surface area (Å²) < 4.78 is 5.70. The normalized spacial score (nSPS) is 35.9. The van der Waals surface area contributed by atoms with E-state index in [9.17, 15) is 30.0 Å². The molecule has 2 rings (SSSR count). The number of aliphatic hydroxyl groups is 4. The van der Waals surface area contributed by atoms with Crippen LogP contribution in [0.5, 0.6) is 0 Å². The third-order valence-corrected chi connectivity index (χ3v) is 8.42. The van der Waals surface area contributed by atoms with Crippen LogP contribution < -0.4 is 0 Å². The number of carbonyl (C=O) groups is 2. The highest BCUT2D eigenvalue weighted by Crippen LogP contribution is 2.33. The van der Waals surface area contributed by atoms with Crippen LogP contribution >= 0.6 is 11.3 Å². The van der Waals surface area contributed by atoms with E-state index in [1.54, 1.807) is 40.7 Å². The Morgan fingerprint density at radius 2 is 1.81 bits per heavy atom. The van der Waals surface area contributed by atoms with Crippen LogP contribution in [0.2, 0.25) is 0 Å². The molecule has 2 heterocycles. The standard InChI is InChI=1S/C27H43NO7S/c1-15-9-8-10-27(7,34)22(30)12-20(16(2)11-19-14-36-18(4)28-19)35-23(31)13-21(29)26(5,6)25(33)17(3)24(15)32/h11,14-15,17,20-22,24,29-30,32,34H,8-10,12-13H2,1-7H3/b16-11+/t15-,17+,20-,21-,22-,24-,27?/m0/s1. The first kappa shape index (κ1) is 30.6. The highest BCUT2D eigenvalue weighted by molar-refractivity contribution is 7.09. The zero-order valence-corrected chi connectivity index (χ0v) is 23.3. The number of ether oxygens (including phenoxy) is 1. The Morgan fingerprint density at radius 3 is 2.39 bits per heavy atom. The minimum atomic E-state index is -1.45. The molecule has 0 radical (unpaired) electrons. The molecule has 0 amide bonds. The lowest BCUT2D eigenvalue weighted by molar-refractivity contribution is -0.157. The highest BCUT2D eigenvalue weighted by Gasteiger charge is 2.43. The van der Waals surface area contributed by atoms with Crippen molar-refractivity contribution >= 4 is 29.2 Å². The van der Waals surface area contributed by atoms with Gasteiger partial charge in [-0.3, -0.25) is 9.59 Å². The van der Waals surface area contributed by atoms with Gasteiger partial charge in [-0.15, -0.1) is 11.3 Å². The minimum absolute atomic E-state index is 0.0438. The van der Waals surface area contributed by atoms with Crippen molar-refractivity contribution in [3.8, 4) is 0 Å². The molecule has 36 heavy (non-hydrogen) atoms. The summed E-state index contributed by atoms with van der Waals surface area (Å²) in [6.07, 6.45) is -1.67. The van der Waals surface area contributed by atoms with Crippen LogP contribution in [0.1, 0.15) is 84.3 Å². The second-order valence-corrected chi connectivity index (χ2v) is 12.3. The van der Waals surface area contributed by atoms with Gasteiger partial charge in [-0.05, 0) is 51.2 Å². The molecular weight excluding hydrogens is 482 g/mol. The smallest absolute Gasteiger partial charge is 0.309 e. The first-order valence-corrected chi connectivity index (χ1v) is 13.5. The first-order chi connectivity index (χ1) is 16.6. The highest BCUT2D eigenvalue weighted by atomic mass is 32.1. The summed E-state index contributed by atoms with van der Waals surface area (Å²) in [6, 6.07) is 0. The van der Waals surface area contributed by atoms with Crippen molar-refractivity contribution in [3.63, 3.8) is 0 Å². The number of carbonyl (C=O) groups excluding carboxylic acids is 2. The van der Waals surface area contributed by atoms with Crippen LogP contribution in [-0.4, -0.2) is 67.2 Å². The molecule has 8 nitrogen and oxygen atoms in total. The molecule has 9 heteroatoms. The van der Waals surface area contributed by atoms with E-state index in [0.29, 0.717) is 24.1 Å². The maximum Gasteiger partial charge on any atom is 0.309 e. The van der Waals surface area contributed by atoms with Crippen LogP contribution in [0, 0.1) is 24.2 Å². The number of aliphatic hydroxyl groups excluding tert-OH is 3. The summed E-state index contributed by atoms with van der Waals surface area (Å²) in [5.74, 6) is -2.04. The van der Waals surface area contributed by atoms with Gasteiger partial charge in [0.05, 0.1) is 46.5 Å². The topological polar surface area (TPSA) is 137 Å². The lowest BCUT2D eigenvalue weighted by atomic mass is 9.73. The van der Waals surface area contributed by atoms with E-state index in [1.165, 1.54) is 11.3 Å². The fraction of sp³-hybridized carbons (Fsp3) is 0.741. The molecule has 4 N–H and O–H groups in total. The summed E-state index contributed by atoms with van der Waals surface area (Å²) in [6.45, 7) is 11.8. The maximum atomic E-state index is 13.2. The number of hydrogen-bond donors (Lipinski definition) is 4. The number of Topliss-reactive ketones (excluding diaryl/α,β-unsaturated/α-hetero) is 1. The van der Waals surface area contributed by atoms with Gasteiger partial charge >= 0.3 is 5.97 Å². The van der Waals surface area contributed by atoms with Crippen molar-refractivity contribution in [1.29, 1.82) is 0 Å². The average Bonchev–Trinajstić information content (AvgIpc) is 3.20. The molecule has 204 valence electrons. The zero-order valence-electron chi connectivity index (χ0n) is 22.5. The van der Waals surface area contributed by atoms with E-state index in [-0.39, 0.29) is 24.5 Å². The number of hydrogen-bond acceptors (Lipinski definition) is 9. The fourth-order valence-electron chi connectivity index (χ4n) is 4.69. The second-order valence-electron chi connectivity index (χ2n) is 11.2. The molecule has 0 aromatic carbocycles. The Kier molecular flexibility index (Phi) is 10.4. The predicted octanol–water partition coefficient (Wildman–Crippen LogP) is 3.43. The van der Waals surface area contributed by atoms with E-state index in [1.807, 2.05) is 19.2 Å². The van der Waals surface area contributed by atoms with Gasteiger partial charge in [-0.1, -0.05) is 34.1 Å². The van der Waals surface area contributed by atoms with E-state index in [4.69, 9.17) is 4.74 Å². The van der Waals surface area contributed by atoms with Crippen molar-refractivity contribution in [3.05, 3.63) is 21.7 Å². The molecule has 0 aliphatic carbocycles. The van der Waals surface area contributed by atoms with Crippen LogP contribution in [0.3, 0.4) is 0 Å². The summed E-state index contributed by atoms with van der Waals surface area (Å²) >= 11 is 1.49. The number of esters is 1. The minimum Gasteiger partial charge on any atom is -0.458 e. The quantitative estimate of drug-likeness (QED) is 0.431. The number of aromatic nitrogens is 1. The predicted molar refractivity (Wildman–Crippen MR) is 139 cm³/mol. The summed E-state index contributed by atoms with van der Waals surface area (Å²) in [5, 5.41) is 46.3. The number of cyclic esters (lactones) is 1. The summed E-state index contributed by atoms with van der Waals surface area (Å²) in [4.78, 5) is 30.5. The summed E-state index contributed by atoms with van der Waals surface area (Å²) in [5.41, 5.74) is -1.39. The van der Waals surface area contributed by atoms with E-state index in [0.717, 1.165) is 5.01 Å². The van der Waals surface area contributed by atoms with Crippen LogP contribution in [0.15, 0.2) is 11.0 Å². The second kappa shape index (κ2) is 12.3. The third kappa shape index (κ3) is 7.68. The third-order valence-electron chi connectivity index (χ3n) is 7.63. The Bertz CT molecular complexity index is 938. The Hall–Kier alpha value is -1.65. The number of thiazole rings is 1. The number of nitrogens with zero attached hydrogens (tertiary/aromatic N) is 1. The molecule has 0 spiro atoms. The van der Waals surface area contributed by atoms with Gasteiger partial charge in [0.2, 0.25) is 0 Å². The lowest BCUT2D eigenvalue weighted by Gasteiger charge is -2.36. The van der Waals surface area contributed by atoms with E-state index in [2.05, 4.69) is 4.98 Å². The van der Waals surface area contributed by atoms with E-state index >= 15 is 0 Å². The first-order valence-electron chi connectivity index (χ1n) is 12.7. The average molecular weight is 526 g/mol. The van der Waals surface area contributed by atoms with Crippen LogP contribution in [0.25, 0.3) is 6.08 Å². The van der Waals surface area contributed by atoms with Gasteiger partial charge in [0.1, 0.15) is 11.9 Å². The monoisotopic (exact) mass is 525 g/mol. The molecule has 1 saturated heterocycles. The van der Waals surface area contributed by atoms with Crippen molar-refractivity contribution in [2.75, 3.05) is 0 Å². The van der Waals surface area contributed by atoms with Crippen molar-refractivity contribution in [2.24, 2.45) is 17.3 Å². The van der Waals surface area contributed by atoms with E-state index < -0.39 is 53.7 Å². The molecule has 1 aliphatic rings. The molecule has 7 atom stereocenters. The Labute approximate surface area is 218 Å². The number of rotatable bonds is 2. The lowest BCUT2D eigenvalue weighted by Crippen LogP contribution is -2.46. The molecule has 1 fully saturated rings. The van der Waals surface area contributed by atoms with Crippen molar-refractivity contribution < 1.29 is 34.8 Å². The maximum absolute atomic E-state index is 13.2. The number of aryl methyl sites for hydroxylation is 1. The molecule has 1 aliphatic heterocycles. The Morgan fingerprint density at radius 1 is 1.17 bits per heavy atom. The summed E-state index contributed by atoms with van der Waals surface area (Å²) in [7, 11) is 0. The van der Waals surface area contributed by atoms with Crippen molar-refractivity contribution in [2.45, 2.75) is 111 Å². The molecular formula is C27H43NO7S. The zero-order chi connectivity index (χ0) is 27.4. The van der Waals surface area contributed by atoms with Gasteiger partial charge < -0.3 is 25.2 Å². The molecule has 1 aromatic heterocycles. The van der Waals surface area contributed by atoms with Gasteiger partial charge in [-0.25, -0.2) is 4.98 Å². The van der Waals surface area contributed by atoms with Gasteiger partial charge in [-0.2, -0.15) is 0 Å². The van der Waals surface area contributed by atoms with Crippen LogP contribution in [-0.2, 0) is 14.3 Å². The van der Waals surface area contributed by atoms with Gasteiger partial charge in [0, 0.05) is 17.7 Å². The molecule has 0 saturated carbocycles. The largest absolute Gasteiger partial charge is 0.458 e. The SMILES string of the molecule is C/C(=C\c1csc(C)n1)[C@@H]1C[C@H](O)C(C)(O)CCC[C@H](C)[C@H](O)[C@@H](C)C(=O)C(C)(C)[C@@H](O)CC(=O)O1. The molecule has 0 bridgehead atoms. The van der Waals surface area contributed by atoms with Crippen LogP contribution in [0.4, 0.5) is 0 Å². The Balaban J connectivity index is 2.39. The van der Waals surface area contributed by atoms with Gasteiger partial charge in [0.25, 0.3) is 0 Å². The molecule has 1 unspecified atom stereocenters. The molecule has 1 aromatic rings. The fourth-order valence-corrected chi connectivity index (χ4v) is 5.26. The van der Waals surface area contributed by atoms with Gasteiger partial charge in [0.15, 0.2) is 0 Å².